The molecule has 0 spiro atoms. The molecule has 2 atom stereocenters. The van der Waals surface area contributed by atoms with Gasteiger partial charge in [-0.3, -0.25) is 0 Å². The highest BCUT2D eigenvalue weighted by Crippen LogP contribution is 2.31. The van der Waals surface area contributed by atoms with Crippen molar-refractivity contribution in [1.29, 1.82) is 0 Å². The molecule has 2 N–H and O–H groups in total. The fraction of sp³-hybridized carbons (Fsp3) is 0.538. The number of nitrogens with zero attached hydrogens (tertiary/aromatic N) is 1. The predicted octanol–water partition coefficient (Wildman–Crippen LogP) is 3.52. The van der Waals surface area contributed by atoms with Gasteiger partial charge in [-0.25, -0.2) is 9.78 Å². The molecule has 0 amide bonds. The zero-order chi connectivity index (χ0) is 13.8. The van der Waals surface area contributed by atoms with Crippen LogP contribution < -0.4 is 5.32 Å². The van der Waals surface area contributed by atoms with Crippen LogP contribution in [-0.4, -0.2) is 33.1 Å². The van der Waals surface area contributed by atoms with Crippen LogP contribution in [0.3, 0.4) is 0 Å². The van der Waals surface area contributed by atoms with Gasteiger partial charge in [0.2, 0.25) is 0 Å². The van der Waals surface area contributed by atoms with Crippen molar-refractivity contribution in [3.8, 4) is 0 Å². The average molecular weight is 301 g/mol. The quantitative estimate of drug-likeness (QED) is 0.871. The lowest BCUT2D eigenvalue weighted by atomic mass is 10.2. The van der Waals surface area contributed by atoms with Crippen LogP contribution in [0.4, 0.5) is 5.82 Å². The summed E-state index contributed by atoms with van der Waals surface area (Å²) in [6, 6.07) is 3.68. The number of carbonyl (C=O) groups is 1. The summed E-state index contributed by atoms with van der Waals surface area (Å²) in [5, 5.41) is 13.2. The molecule has 1 aromatic heterocycles. The maximum atomic E-state index is 11.0. The van der Waals surface area contributed by atoms with Crippen LogP contribution in [0.1, 0.15) is 36.7 Å². The van der Waals surface area contributed by atoms with Gasteiger partial charge in [0.15, 0.2) is 5.69 Å². The van der Waals surface area contributed by atoms with Crippen molar-refractivity contribution >= 4 is 35.1 Å². The van der Waals surface area contributed by atoms with E-state index in [9.17, 15) is 4.79 Å². The lowest BCUT2D eigenvalue weighted by Gasteiger charge is -2.14. The molecule has 0 radical (unpaired) electrons. The maximum Gasteiger partial charge on any atom is 0.356 e. The molecule has 4 nitrogen and oxygen atoms in total. The van der Waals surface area contributed by atoms with E-state index in [0.29, 0.717) is 17.1 Å². The van der Waals surface area contributed by atoms with Crippen LogP contribution in [0.2, 0.25) is 5.02 Å². The molecule has 104 valence electrons. The number of aromatic nitrogens is 1. The molecule has 2 rings (SSSR count). The molecular formula is C13H17ClN2O2S. The van der Waals surface area contributed by atoms with Gasteiger partial charge in [0.05, 0.1) is 5.02 Å². The van der Waals surface area contributed by atoms with Crippen molar-refractivity contribution in [2.24, 2.45) is 0 Å². The number of anilines is 1. The van der Waals surface area contributed by atoms with Crippen LogP contribution in [0, 0.1) is 0 Å². The van der Waals surface area contributed by atoms with Gasteiger partial charge in [0.1, 0.15) is 5.82 Å². The molecule has 1 heterocycles. The highest BCUT2D eigenvalue weighted by molar-refractivity contribution is 7.99. The van der Waals surface area contributed by atoms with Crippen molar-refractivity contribution in [3.05, 3.63) is 22.8 Å². The highest BCUT2D eigenvalue weighted by atomic mass is 35.5. The van der Waals surface area contributed by atoms with Crippen molar-refractivity contribution in [2.45, 2.75) is 37.5 Å². The fourth-order valence-electron chi connectivity index (χ4n) is 2.34. The number of thioether (sulfide) groups is 1. The number of hydrogen-bond acceptors (Lipinski definition) is 4. The first-order valence-electron chi connectivity index (χ1n) is 6.38. The van der Waals surface area contributed by atoms with E-state index in [1.54, 1.807) is 12.1 Å². The van der Waals surface area contributed by atoms with Crippen molar-refractivity contribution in [1.82, 2.24) is 4.98 Å². The van der Waals surface area contributed by atoms with Crippen molar-refractivity contribution < 1.29 is 9.90 Å². The zero-order valence-electron chi connectivity index (χ0n) is 10.7. The van der Waals surface area contributed by atoms with Crippen LogP contribution >= 0.6 is 23.4 Å². The minimum atomic E-state index is -1.10. The standard InChI is InChI=1S/C13H17ClN2O2S/c1-2-19-9-4-3-8(7-9)15-11-6-5-10(14)12(16-11)13(17)18/h5-6,8-9H,2-4,7H2,1H3,(H,15,16)(H,17,18). The SMILES string of the molecule is CCSC1CCC(Nc2ccc(Cl)c(C(=O)O)n2)C1. The number of rotatable bonds is 5. The lowest BCUT2D eigenvalue weighted by molar-refractivity contribution is 0.0691. The molecular weight excluding hydrogens is 284 g/mol. The molecule has 6 heteroatoms. The van der Waals surface area contributed by atoms with Gasteiger partial charge in [-0.2, -0.15) is 11.8 Å². The van der Waals surface area contributed by atoms with Gasteiger partial charge < -0.3 is 10.4 Å². The number of pyridine rings is 1. The molecule has 0 bridgehead atoms. The highest BCUT2D eigenvalue weighted by Gasteiger charge is 2.25. The second-order valence-electron chi connectivity index (χ2n) is 4.56. The monoisotopic (exact) mass is 300 g/mol. The second-order valence-corrected chi connectivity index (χ2v) is 6.55. The summed E-state index contributed by atoms with van der Waals surface area (Å²) >= 11 is 7.79. The first-order valence-corrected chi connectivity index (χ1v) is 7.80. The van der Waals surface area contributed by atoms with E-state index < -0.39 is 5.97 Å². The molecule has 0 aromatic carbocycles. The van der Waals surface area contributed by atoms with E-state index >= 15 is 0 Å². The van der Waals surface area contributed by atoms with E-state index in [2.05, 4.69) is 17.2 Å². The first kappa shape index (κ1) is 14.5. The summed E-state index contributed by atoms with van der Waals surface area (Å²) in [6.45, 7) is 2.17. The van der Waals surface area contributed by atoms with E-state index in [0.717, 1.165) is 18.6 Å². The Labute approximate surface area is 121 Å². The molecule has 19 heavy (non-hydrogen) atoms. The summed E-state index contributed by atoms with van der Waals surface area (Å²) in [5.74, 6) is 0.633. The molecule has 1 aliphatic carbocycles. The fourth-order valence-corrected chi connectivity index (χ4v) is 3.67. The summed E-state index contributed by atoms with van der Waals surface area (Å²) in [6.07, 6.45) is 3.41. The van der Waals surface area contributed by atoms with E-state index in [-0.39, 0.29) is 10.7 Å². The van der Waals surface area contributed by atoms with Gasteiger partial charge >= 0.3 is 5.97 Å². The Morgan fingerprint density at radius 1 is 1.58 bits per heavy atom. The molecule has 1 saturated carbocycles. The molecule has 0 aliphatic heterocycles. The van der Waals surface area contributed by atoms with Crippen LogP contribution in [0.25, 0.3) is 0 Å². The Morgan fingerprint density at radius 2 is 2.37 bits per heavy atom. The van der Waals surface area contributed by atoms with Gasteiger partial charge in [-0.15, -0.1) is 0 Å². The van der Waals surface area contributed by atoms with Gasteiger partial charge in [0, 0.05) is 11.3 Å². The smallest absolute Gasteiger partial charge is 0.356 e. The van der Waals surface area contributed by atoms with Crippen molar-refractivity contribution in [3.63, 3.8) is 0 Å². The number of hydrogen-bond donors (Lipinski definition) is 2. The van der Waals surface area contributed by atoms with Crippen molar-refractivity contribution in [2.75, 3.05) is 11.1 Å². The average Bonchev–Trinajstić information content (AvgIpc) is 2.79. The number of carboxylic acids is 1. The summed E-state index contributed by atoms with van der Waals surface area (Å²) in [5.41, 5.74) is -0.0934. The third-order valence-corrected chi connectivity index (χ3v) is 4.73. The Bertz CT molecular complexity index is 470. The van der Waals surface area contributed by atoms with Crippen LogP contribution in [0.5, 0.6) is 0 Å². The van der Waals surface area contributed by atoms with Gasteiger partial charge in [-0.1, -0.05) is 18.5 Å². The Balaban J connectivity index is 2.00. The second kappa shape index (κ2) is 6.48. The summed E-state index contributed by atoms with van der Waals surface area (Å²) < 4.78 is 0. The minimum Gasteiger partial charge on any atom is -0.476 e. The zero-order valence-corrected chi connectivity index (χ0v) is 12.3. The van der Waals surface area contributed by atoms with E-state index in [1.807, 2.05) is 11.8 Å². The Hall–Kier alpha value is -0.940. The molecule has 0 saturated heterocycles. The van der Waals surface area contributed by atoms with Gasteiger partial charge in [-0.05, 0) is 37.1 Å². The third kappa shape index (κ3) is 3.76. The number of nitrogens with one attached hydrogen (secondary N) is 1. The Kier molecular flexibility index (Phi) is 4.93. The molecule has 1 fully saturated rings. The van der Waals surface area contributed by atoms with Gasteiger partial charge in [0.25, 0.3) is 0 Å². The number of aromatic carboxylic acids is 1. The third-order valence-electron chi connectivity index (χ3n) is 3.19. The maximum absolute atomic E-state index is 11.0. The first-order chi connectivity index (χ1) is 9.10. The van der Waals surface area contributed by atoms with E-state index in [1.165, 1.54) is 6.42 Å². The van der Waals surface area contributed by atoms with Crippen LogP contribution in [-0.2, 0) is 0 Å². The number of halogens is 1. The topological polar surface area (TPSA) is 62.2 Å². The summed E-state index contributed by atoms with van der Waals surface area (Å²) in [7, 11) is 0. The molecule has 1 aliphatic rings. The minimum absolute atomic E-state index is 0.0934. The lowest BCUT2D eigenvalue weighted by Crippen LogP contribution is -2.17. The predicted molar refractivity (Wildman–Crippen MR) is 79.4 cm³/mol. The largest absolute Gasteiger partial charge is 0.476 e. The molecule has 2 unspecified atom stereocenters. The summed E-state index contributed by atoms with van der Waals surface area (Å²) in [4.78, 5) is 15.0. The number of carboxylic acid groups (broad SMARTS) is 1. The van der Waals surface area contributed by atoms with Crippen LogP contribution in [0.15, 0.2) is 12.1 Å². The van der Waals surface area contributed by atoms with E-state index in [4.69, 9.17) is 16.7 Å². The molecule has 1 aromatic rings. The Morgan fingerprint density at radius 3 is 3.05 bits per heavy atom. The normalized spacial score (nSPS) is 22.4.